The second kappa shape index (κ2) is 1.95. The van der Waals surface area contributed by atoms with Crippen molar-refractivity contribution in [1.29, 1.82) is 0 Å². The number of hydrogen-bond donors (Lipinski definition) is 2. The van der Waals surface area contributed by atoms with Gasteiger partial charge in [0.25, 0.3) is 0 Å². The Labute approximate surface area is 59.4 Å². The van der Waals surface area contributed by atoms with Gasteiger partial charge in [-0.25, -0.2) is 0 Å². The zero-order chi connectivity index (χ0) is 7.14. The summed E-state index contributed by atoms with van der Waals surface area (Å²) >= 11 is 0. The highest BCUT2D eigenvalue weighted by atomic mass is 16.4. The van der Waals surface area contributed by atoms with Gasteiger partial charge in [-0.3, -0.25) is 4.79 Å². The second-order valence-electron chi connectivity index (χ2n) is 3.24. The van der Waals surface area contributed by atoms with Gasteiger partial charge in [0.15, 0.2) is 0 Å². The van der Waals surface area contributed by atoms with Gasteiger partial charge in [-0.15, -0.1) is 0 Å². The number of aliphatic carboxylic acids is 1. The van der Waals surface area contributed by atoms with Crippen molar-refractivity contribution in [3.8, 4) is 0 Å². The Morgan fingerprint density at radius 2 is 2.30 bits per heavy atom. The number of rotatable bonds is 1. The molecule has 2 aliphatic rings. The first kappa shape index (κ1) is 6.16. The Balaban J connectivity index is 1.98. The van der Waals surface area contributed by atoms with Crippen LogP contribution < -0.4 is 5.32 Å². The van der Waals surface area contributed by atoms with E-state index in [0.29, 0.717) is 12.0 Å². The van der Waals surface area contributed by atoms with Crippen LogP contribution in [0.5, 0.6) is 0 Å². The summed E-state index contributed by atoms with van der Waals surface area (Å²) in [5.74, 6) is -0.0181. The van der Waals surface area contributed by atoms with Gasteiger partial charge in [0.05, 0.1) is 0 Å². The molecule has 56 valence electrons. The second-order valence-corrected chi connectivity index (χ2v) is 3.24. The molecule has 1 aliphatic heterocycles. The van der Waals surface area contributed by atoms with Crippen molar-refractivity contribution in [2.24, 2.45) is 5.92 Å². The molecule has 2 fully saturated rings. The van der Waals surface area contributed by atoms with Crippen LogP contribution in [0.4, 0.5) is 0 Å². The van der Waals surface area contributed by atoms with Crippen LogP contribution in [0.25, 0.3) is 0 Å². The van der Waals surface area contributed by atoms with Crippen LogP contribution in [0.2, 0.25) is 0 Å². The molecule has 0 unspecified atom stereocenters. The van der Waals surface area contributed by atoms with Crippen LogP contribution in [-0.2, 0) is 4.79 Å². The van der Waals surface area contributed by atoms with Gasteiger partial charge in [0.2, 0.25) is 0 Å². The van der Waals surface area contributed by atoms with Crippen molar-refractivity contribution in [1.82, 2.24) is 5.32 Å². The zero-order valence-corrected chi connectivity index (χ0v) is 5.71. The molecule has 3 atom stereocenters. The predicted octanol–water partition coefficient (Wildman–Crippen LogP) is 0.212. The van der Waals surface area contributed by atoms with Crippen LogP contribution in [0.3, 0.4) is 0 Å². The first-order valence-electron chi connectivity index (χ1n) is 3.76. The lowest BCUT2D eigenvalue weighted by molar-refractivity contribution is -0.139. The topological polar surface area (TPSA) is 49.3 Å². The Morgan fingerprint density at radius 3 is 2.60 bits per heavy atom. The van der Waals surface area contributed by atoms with Gasteiger partial charge < -0.3 is 10.4 Å². The van der Waals surface area contributed by atoms with E-state index in [0.717, 1.165) is 6.42 Å². The summed E-state index contributed by atoms with van der Waals surface area (Å²) in [6, 6.07) is 0.276. The molecule has 1 heterocycles. The van der Waals surface area contributed by atoms with E-state index in [2.05, 4.69) is 5.32 Å². The maximum Gasteiger partial charge on any atom is 0.320 e. The van der Waals surface area contributed by atoms with E-state index < -0.39 is 5.97 Å². The zero-order valence-electron chi connectivity index (χ0n) is 5.71. The molecule has 1 aliphatic carbocycles. The Bertz CT molecular complexity index is 157. The van der Waals surface area contributed by atoms with E-state index in [1.54, 1.807) is 0 Å². The molecule has 0 aromatic carbocycles. The maximum absolute atomic E-state index is 10.5. The number of carbonyl (C=O) groups is 1. The highest BCUT2D eigenvalue weighted by Gasteiger charge is 2.42. The fourth-order valence-electron chi connectivity index (χ4n) is 1.87. The summed E-state index contributed by atoms with van der Waals surface area (Å²) < 4.78 is 0. The van der Waals surface area contributed by atoms with Gasteiger partial charge in [-0.2, -0.15) is 0 Å². The Kier molecular flexibility index (Phi) is 1.20. The highest BCUT2D eigenvalue weighted by Crippen LogP contribution is 2.36. The molecule has 0 radical (unpaired) electrons. The summed E-state index contributed by atoms with van der Waals surface area (Å²) in [5.41, 5.74) is 0. The molecule has 10 heavy (non-hydrogen) atoms. The summed E-state index contributed by atoms with van der Waals surface area (Å²) in [5, 5.41) is 11.7. The highest BCUT2D eigenvalue weighted by molar-refractivity contribution is 5.74. The van der Waals surface area contributed by atoms with Crippen LogP contribution in [0, 0.1) is 5.92 Å². The normalized spacial score (nSPS) is 44.2. The van der Waals surface area contributed by atoms with Crippen LogP contribution in [-0.4, -0.2) is 23.2 Å². The SMILES string of the molecule is O=C(O)[C@@H]1C[C@@H]2CC[C@H]2N1. The molecule has 0 aromatic heterocycles. The molecule has 1 saturated heterocycles. The molecule has 0 amide bonds. The third kappa shape index (κ3) is 0.736. The molecule has 1 saturated carbocycles. The monoisotopic (exact) mass is 141 g/mol. The Morgan fingerprint density at radius 1 is 1.50 bits per heavy atom. The van der Waals surface area contributed by atoms with E-state index in [1.807, 2.05) is 0 Å². The van der Waals surface area contributed by atoms with Gasteiger partial charge in [0.1, 0.15) is 6.04 Å². The van der Waals surface area contributed by atoms with Gasteiger partial charge >= 0.3 is 5.97 Å². The lowest BCUT2D eigenvalue weighted by Gasteiger charge is -2.29. The summed E-state index contributed by atoms with van der Waals surface area (Å²) in [6.45, 7) is 0. The third-order valence-corrected chi connectivity index (χ3v) is 2.67. The average molecular weight is 141 g/mol. The fourth-order valence-corrected chi connectivity index (χ4v) is 1.87. The molecular formula is C7H11NO2. The minimum absolute atomic E-state index is 0.252. The van der Waals surface area contributed by atoms with Crippen molar-refractivity contribution in [3.05, 3.63) is 0 Å². The lowest BCUT2D eigenvalue weighted by atomic mass is 9.80. The minimum atomic E-state index is -0.686. The molecule has 0 spiro atoms. The summed E-state index contributed by atoms with van der Waals surface area (Å²) in [4.78, 5) is 10.5. The van der Waals surface area contributed by atoms with Gasteiger partial charge in [-0.05, 0) is 25.2 Å². The molecular weight excluding hydrogens is 130 g/mol. The molecule has 3 heteroatoms. The number of fused-ring (bicyclic) bond motifs is 1. The van der Waals surface area contributed by atoms with Gasteiger partial charge in [-0.1, -0.05) is 0 Å². The standard InChI is InChI=1S/C7H11NO2/c9-7(10)6-3-4-1-2-5(4)8-6/h4-6,8H,1-3H2,(H,9,10)/t4-,5+,6-/m0/s1. The molecule has 2 rings (SSSR count). The van der Waals surface area contributed by atoms with E-state index >= 15 is 0 Å². The third-order valence-electron chi connectivity index (χ3n) is 2.67. The number of hydrogen-bond acceptors (Lipinski definition) is 2. The quantitative estimate of drug-likeness (QED) is 0.549. The first-order chi connectivity index (χ1) is 4.77. The van der Waals surface area contributed by atoms with Crippen molar-refractivity contribution < 1.29 is 9.90 Å². The van der Waals surface area contributed by atoms with Crippen molar-refractivity contribution >= 4 is 5.97 Å². The van der Waals surface area contributed by atoms with Crippen LogP contribution in [0.1, 0.15) is 19.3 Å². The minimum Gasteiger partial charge on any atom is -0.480 e. The van der Waals surface area contributed by atoms with Crippen molar-refractivity contribution in [2.75, 3.05) is 0 Å². The average Bonchev–Trinajstić information content (AvgIpc) is 2.09. The fraction of sp³-hybridized carbons (Fsp3) is 0.857. The first-order valence-corrected chi connectivity index (χ1v) is 3.76. The van der Waals surface area contributed by atoms with E-state index in [4.69, 9.17) is 5.11 Å². The lowest BCUT2D eigenvalue weighted by Crippen LogP contribution is -2.39. The van der Waals surface area contributed by atoms with Crippen LogP contribution >= 0.6 is 0 Å². The van der Waals surface area contributed by atoms with Crippen molar-refractivity contribution in [3.63, 3.8) is 0 Å². The van der Waals surface area contributed by atoms with E-state index in [1.165, 1.54) is 12.8 Å². The van der Waals surface area contributed by atoms with Crippen molar-refractivity contribution in [2.45, 2.75) is 31.3 Å². The number of carboxylic acid groups (broad SMARTS) is 1. The van der Waals surface area contributed by atoms with Crippen LogP contribution in [0.15, 0.2) is 0 Å². The molecule has 0 bridgehead atoms. The predicted molar refractivity (Wildman–Crippen MR) is 35.7 cm³/mol. The number of carboxylic acids is 1. The van der Waals surface area contributed by atoms with E-state index in [9.17, 15) is 4.79 Å². The smallest absolute Gasteiger partial charge is 0.320 e. The molecule has 3 nitrogen and oxygen atoms in total. The summed E-state index contributed by atoms with van der Waals surface area (Å²) in [6.07, 6.45) is 3.25. The van der Waals surface area contributed by atoms with Gasteiger partial charge in [0, 0.05) is 6.04 Å². The largest absolute Gasteiger partial charge is 0.480 e. The maximum atomic E-state index is 10.5. The molecule has 0 aromatic rings. The Hall–Kier alpha value is -0.570. The van der Waals surface area contributed by atoms with E-state index in [-0.39, 0.29) is 6.04 Å². The molecule has 2 N–H and O–H groups in total. The summed E-state index contributed by atoms with van der Waals surface area (Å²) in [7, 11) is 0. The number of nitrogens with one attached hydrogen (secondary N) is 1.